The van der Waals surface area contributed by atoms with E-state index in [0.29, 0.717) is 17.1 Å². The Labute approximate surface area is 115 Å². The van der Waals surface area contributed by atoms with E-state index in [0.717, 1.165) is 0 Å². The molecule has 19 heavy (non-hydrogen) atoms. The van der Waals surface area contributed by atoms with Gasteiger partial charge in [-0.3, -0.25) is 0 Å². The molecule has 0 radical (unpaired) electrons. The largest absolute Gasteiger partial charge is 0.457 e. The Morgan fingerprint density at radius 2 is 1.74 bits per heavy atom. The smallest absolute Gasteiger partial charge is 0.261 e. The third-order valence-corrected chi connectivity index (χ3v) is 3.84. The highest BCUT2D eigenvalue weighted by Gasteiger charge is 2.10. The number of hydrogen-bond donors (Lipinski definition) is 0. The number of rotatable bonds is 3. The quantitative estimate of drug-likeness (QED) is 0.809. The van der Waals surface area contributed by atoms with E-state index in [1.807, 2.05) is 0 Å². The van der Waals surface area contributed by atoms with Gasteiger partial charge in [-0.25, -0.2) is 12.8 Å². The summed E-state index contributed by atoms with van der Waals surface area (Å²) in [5.41, 5.74) is 0.647. The SMILES string of the molecule is Cc1cc(F)ccc1Oc1ccc(S(=O)(=O)Cl)cc1. The van der Waals surface area contributed by atoms with E-state index >= 15 is 0 Å². The zero-order valence-electron chi connectivity index (χ0n) is 9.93. The van der Waals surface area contributed by atoms with Crippen molar-refractivity contribution < 1.29 is 17.5 Å². The summed E-state index contributed by atoms with van der Waals surface area (Å²) < 4.78 is 40.6. The topological polar surface area (TPSA) is 43.4 Å². The summed E-state index contributed by atoms with van der Waals surface area (Å²) in [6.07, 6.45) is 0. The summed E-state index contributed by atoms with van der Waals surface area (Å²) in [5, 5.41) is 0. The molecule has 0 unspecified atom stereocenters. The molecule has 100 valence electrons. The highest BCUT2D eigenvalue weighted by atomic mass is 35.7. The van der Waals surface area contributed by atoms with Crippen LogP contribution in [-0.4, -0.2) is 8.42 Å². The van der Waals surface area contributed by atoms with Gasteiger partial charge in [0.1, 0.15) is 17.3 Å². The second kappa shape index (κ2) is 5.19. The van der Waals surface area contributed by atoms with E-state index < -0.39 is 9.05 Å². The number of halogens is 2. The fraction of sp³-hybridized carbons (Fsp3) is 0.0769. The lowest BCUT2D eigenvalue weighted by Gasteiger charge is -2.08. The van der Waals surface area contributed by atoms with Crippen molar-refractivity contribution >= 4 is 19.7 Å². The van der Waals surface area contributed by atoms with E-state index in [9.17, 15) is 12.8 Å². The van der Waals surface area contributed by atoms with Gasteiger partial charge in [-0.05, 0) is 55.0 Å². The van der Waals surface area contributed by atoms with Crippen molar-refractivity contribution in [3.8, 4) is 11.5 Å². The van der Waals surface area contributed by atoms with Crippen molar-refractivity contribution in [1.82, 2.24) is 0 Å². The molecular formula is C13H10ClFO3S. The lowest BCUT2D eigenvalue weighted by molar-refractivity contribution is 0.476. The first kappa shape index (κ1) is 13.8. The summed E-state index contributed by atoms with van der Waals surface area (Å²) in [6, 6.07) is 9.81. The van der Waals surface area contributed by atoms with Crippen molar-refractivity contribution in [1.29, 1.82) is 0 Å². The average Bonchev–Trinajstić information content (AvgIpc) is 2.32. The fourth-order valence-corrected chi connectivity index (χ4v) is 2.29. The summed E-state index contributed by atoms with van der Waals surface area (Å²) in [6.45, 7) is 1.72. The minimum absolute atomic E-state index is 0.00246. The van der Waals surface area contributed by atoms with E-state index in [1.54, 1.807) is 6.92 Å². The normalized spacial score (nSPS) is 11.3. The Hall–Kier alpha value is -1.59. The molecule has 6 heteroatoms. The minimum Gasteiger partial charge on any atom is -0.457 e. The Morgan fingerprint density at radius 3 is 2.26 bits per heavy atom. The monoisotopic (exact) mass is 300 g/mol. The molecule has 0 N–H and O–H groups in total. The molecule has 0 spiro atoms. The molecule has 2 aromatic rings. The number of benzene rings is 2. The van der Waals surface area contributed by atoms with Gasteiger partial charge in [0.2, 0.25) is 0 Å². The fourth-order valence-electron chi connectivity index (χ4n) is 1.52. The molecule has 3 nitrogen and oxygen atoms in total. The van der Waals surface area contributed by atoms with Gasteiger partial charge in [0.05, 0.1) is 4.90 Å². The van der Waals surface area contributed by atoms with Crippen LogP contribution in [-0.2, 0) is 9.05 Å². The molecule has 0 heterocycles. The van der Waals surface area contributed by atoms with Gasteiger partial charge in [-0.2, -0.15) is 0 Å². The van der Waals surface area contributed by atoms with E-state index in [4.69, 9.17) is 15.4 Å². The first-order valence-electron chi connectivity index (χ1n) is 5.35. The lowest BCUT2D eigenvalue weighted by Crippen LogP contribution is -1.92. The summed E-state index contributed by atoms with van der Waals surface area (Å²) in [5.74, 6) is 0.607. The third-order valence-electron chi connectivity index (χ3n) is 2.47. The Balaban J connectivity index is 2.25. The molecule has 0 atom stereocenters. The van der Waals surface area contributed by atoms with Gasteiger partial charge in [0.25, 0.3) is 9.05 Å². The highest BCUT2D eigenvalue weighted by Crippen LogP contribution is 2.27. The molecule has 0 amide bonds. The first-order valence-corrected chi connectivity index (χ1v) is 7.66. The molecule has 0 fully saturated rings. The van der Waals surface area contributed by atoms with Gasteiger partial charge in [0, 0.05) is 10.7 Å². The van der Waals surface area contributed by atoms with Crippen LogP contribution < -0.4 is 4.74 Å². The molecule has 0 bridgehead atoms. The molecule has 2 aromatic carbocycles. The van der Waals surface area contributed by atoms with E-state index in [2.05, 4.69) is 0 Å². The van der Waals surface area contributed by atoms with Crippen molar-refractivity contribution in [2.75, 3.05) is 0 Å². The third kappa shape index (κ3) is 3.45. The van der Waals surface area contributed by atoms with Crippen molar-refractivity contribution in [3.05, 3.63) is 53.8 Å². The maximum atomic E-state index is 12.9. The second-order valence-corrected chi connectivity index (χ2v) is 6.49. The highest BCUT2D eigenvalue weighted by molar-refractivity contribution is 8.13. The van der Waals surface area contributed by atoms with Crippen LogP contribution in [0.2, 0.25) is 0 Å². The Morgan fingerprint density at radius 1 is 1.11 bits per heavy atom. The van der Waals surface area contributed by atoms with Crippen LogP contribution in [0.3, 0.4) is 0 Å². The van der Waals surface area contributed by atoms with Crippen LogP contribution in [0.4, 0.5) is 4.39 Å². The van der Waals surface area contributed by atoms with Crippen LogP contribution in [0.1, 0.15) is 5.56 Å². The van der Waals surface area contributed by atoms with Gasteiger partial charge in [-0.15, -0.1) is 0 Å². The zero-order chi connectivity index (χ0) is 14.0. The summed E-state index contributed by atoms with van der Waals surface area (Å²) >= 11 is 0. The van der Waals surface area contributed by atoms with Gasteiger partial charge in [-0.1, -0.05) is 0 Å². The molecule has 0 aromatic heterocycles. The molecule has 0 saturated carbocycles. The van der Waals surface area contributed by atoms with Crippen molar-refractivity contribution in [3.63, 3.8) is 0 Å². The minimum atomic E-state index is -3.74. The molecule has 0 aliphatic rings. The predicted octanol–water partition coefficient (Wildman–Crippen LogP) is 3.85. The van der Waals surface area contributed by atoms with Crippen LogP contribution in [0.5, 0.6) is 11.5 Å². The van der Waals surface area contributed by atoms with Crippen LogP contribution in [0.15, 0.2) is 47.4 Å². The lowest BCUT2D eigenvalue weighted by atomic mass is 10.2. The Kier molecular flexibility index (Phi) is 3.78. The zero-order valence-corrected chi connectivity index (χ0v) is 11.5. The number of aryl methyl sites for hydroxylation is 1. The molecule has 0 aliphatic heterocycles. The molecule has 2 rings (SSSR count). The Bertz CT molecular complexity index is 696. The summed E-state index contributed by atoms with van der Waals surface area (Å²) in [7, 11) is 1.46. The van der Waals surface area contributed by atoms with Crippen molar-refractivity contribution in [2.24, 2.45) is 0 Å². The first-order chi connectivity index (χ1) is 8.86. The van der Waals surface area contributed by atoms with E-state index in [-0.39, 0.29) is 10.7 Å². The van der Waals surface area contributed by atoms with Crippen LogP contribution in [0, 0.1) is 12.7 Å². The van der Waals surface area contributed by atoms with Crippen LogP contribution in [0.25, 0.3) is 0 Å². The average molecular weight is 301 g/mol. The maximum Gasteiger partial charge on any atom is 0.261 e. The number of hydrogen-bond acceptors (Lipinski definition) is 3. The van der Waals surface area contributed by atoms with Gasteiger partial charge in [0.15, 0.2) is 0 Å². The second-order valence-electron chi connectivity index (χ2n) is 3.92. The van der Waals surface area contributed by atoms with Crippen LogP contribution >= 0.6 is 10.7 Å². The number of ether oxygens (including phenoxy) is 1. The van der Waals surface area contributed by atoms with Crippen molar-refractivity contribution in [2.45, 2.75) is 11.8 Å². The standard InChI is InChI=1S/C13H10ClFO3S/c1-9-8-10(15)2-7-13(9)18-11-3-5-12(6-4-11)19(14,16)17/h2-8H,1H3. The molecule has 0 aliphatic carbocycles. The van der Waals surface area contributed by atoms with Gasteiger partial charge >= 0.3 is 0 Å². The summed E-state index contributed by atoms with van der Waals surface area (Å²) in [4.78, 5) is -0.00246. The maximum absolute atomic E-state index is 12.9. The predicted molar refractivity (Wildman–Crippen MR) is 70.7 cm³/mol. The van der Waals surface area contributed by atoms with E-state index in [1.165, 1.54) is 42.5 Å². The van der Waals surface area contributed by atoms with Gasteiger partial charge < -0.3 is 4.74 Å². The molecule has 0 saturated heterocycles. The molecular weight excluding hydrogens is 291 g/mol.